The standard InChI is InChI=1S/C22H24Cl4N2OS/c23-18-3-1-16(20(25)11-18)13-28-8-5-15(6-9-28)22(29)27-7-10-30-14-17-2-4-19(24)12-21(17)26/h1-4,11-12,15H,5-10,13-14H2,(H,27,29). The zero-order valence-electron chi connectivity index (χ0n) is 16.5. The third-order valence-corrected chi connectivity index (χ3v) is 7.37. The first kappa shape index (κ1) is 24.0. The molecule has 2 aromatic carbocycles. The molecule has 3 rings (SSSR count). The van der Waals surface area contributed by atoms with Gasteiger partial charge in [-0.15, -0.1) is 0 Å². The molecule has 0 bridgehead atoms. The summed E-state index contributed by atoms with van der Waals surface area (Å²) >= 11 is 26.1. The summed E-state index contributed by atoms with van der Waals surface area (Å²) in [6, 6.07) is 11.2. The minimum Gasteiger partial charge on any atom is -0.355 e. The monoisotopic (exact) mass is 504 g/mol. The quantitative estimate of drug-likeness (QED) is 0.412. The average molecular weight is 506 g/mol. The Hall–Kier alpha value is -0.620. The van der Waals surface area contributed by atoms with E-state index in [1.165, 1.54) is 0 Å². The van der Waals surface area contributed by atoms with Crippen LogP contribution in [0.5, 0.6) is 0 Å². The van der Waals surface area contributed by atoms with Gasteiger partial charge >= 0.3 is 0 Å². The Morgan fingerprint density at radius 1 is 0.967 bits per heavy atom. The largest absolute Gasteiger partial charge is 0.355 e. The normalized spacial score (nSPS) is 15.3. The second-order valence-electron chi connectivity index (χ2n) is 7.37. The average Bonchev–Trinajstić information content (AvgIpc) is 2.71. The van der Waals surface area contributed by atoms with Gasteiger partial charge in [0.15, 0.2) is 0 Å². The molecule has 1 saturated heterocycles. The number of carbonyl (C=O) groups is 1. The van der Waals surface area contributed by atoms with E-state index < -0.39 is 0 Å². The van der Waals surface area contributed by atoms with Gasteiger partial charge in [-0.25, -0.2) is 0 Å². The SMILES string of the molecule is O=C(NCCSCc1ccc(Cl)cc1Cl)C1CCN(Cc2ccc(Cl)cc2Cl)CC1. The third kappa shape index (κ3) is 7.22. The molecule has 0 atom stereocenters. The number of nitrogens with one attached hydrogen (secondary N) is 1. The Labute approximate surface area is 202 Å². The van der Waals surface area contributed by atoms with Crippen LogP contribution < -0.4 is 5.32 Å². The lowest BCUT2D eigenvalue weighted by atomic mass is 9.95. The summed E-state index contributed by atoms with van der Waals surface area (Å²) in [6.07, 6.45) is 1.73. The summed E-state index contributed by atoms with van der Waals surface area (Å²) in [4.78, 5) is 14.8. The van der Waals surface area contributed by atoms with Gasteiger partial charge in [0, 0.05) is 50.6 Å². The zero-order valence-corrected chi connectivity index (χ0v) is 20.3. The van der Waals surface area contributed by atoms with Crippen LogP contribution in [0.2, 0.25) is 20.1 Å². The fourth-order valence-electron chi connectivity index (χ4n) is 3.46. The highest BCUT2D eigenvalue weighted by Gasteiger charge is 2.25. The lowest BCUT2D eigenvalue weighted by Crippen LogP contribution is -2.40. The number of hydrogen-bond donors (Lipinski definition) is 1. The van der Waals surface area contributed by atoms with Crippen molar-refractivity contribution in [1.29, 1.82) is 0 Å². The van der Waals surface area contributed by atoms with Crippen LogP contribution in [0.4, 0.5) is 0 Å². The van der Waals surface area contributed by atoms with E-state index in [-0.39, 0.29) is 11.8 Å². The number of carbonyl (C=O) groups excluding carboxylic acids is 1. The number of hydrogen-bond acceptors (Lipinski definition) is 3. The molecule has 1 aliphatic heterocycles. The first-order valence-electron chi connectivity index (χ1n) is 9.88. The molecule has 0 unspecified atom stereocenters. The van der Waals surface area contributed by atoms with Crippen LogP contribution in [-0.4, -0.2) is 36.2 Å². The van der Waals surface area contributed by atoms with Gasteiger partial charge in [0.25, 0.3) is 0 Å². The predicted molar refractivity (Wildman–Crippen MR) is 130 cm³/mol. The highest BCUT2D eigenvalue weighted by atomic mass is 35.5. The molecule has 0 saturated carbocycles. The topological polar surface area (TPSA) is 32.3 Å². The molecule has 2 aromatic rings. The van der Waals surface area contributed by atoms with Gasteiger partial charge in [0.2, 0.25) is 5.91 Å². The predicted octanol–water partition coefficient (Wildman–Crippen LogP) is 6.56. The van der Waals surface area contributed by atoms with Crippen molar-refractivity contribution < 1.29 is 4.79 Å². The first-order valence-corrected chi connectivity index (χ1v) is 12.5. The molecule has 1 heterocycles. The minimum absolute atomic E-state index is 0.0812. The summed E-state index contributed by atoms with van der Waals surface area (Å²) in [5.41, 5.74) is 2.13. The Morgan fingerprint density at radius 2 is 1.57 bits per heavy atom. The van der Waals surface area contributed by atoms with Crippen molar-refractivity contribution >= 4 is 64.1 Å². The highest BCUT2D eigenvalue weighted by molar-refractivity contribution is 7.98. The molecular weight excluding hydrogens is 482 g/mol. The number of thioether (sulfide) groups is 1. The molecule has 8 heteroatoms. The molecule has 162 valence electrons. The van der Waals surface area contributed by atoms with Crippen molar-refractivity contribution in [3.63, 3.8) is 0 Å². The number of nitrogens with zero attached hydrogens (tertiary/aromatic N) is 1. The van der Waals surface area contributed by atoms with Crippen LogP contribution in [0.1, 0.15) is 24.0 Å². The fourth-order valence-corrected chi connectivity index (χ4v) is 5.34. The summed E-state index contributed by atoms with van der Waals surface area (Å²) < 4.78 is 0. The van der Waals surface area contributed by atoms with E-state index in [1.807, 2.05) is 24.3 Å². The van der Waals surface area contributed by atoms with Crippen molar-refractivity contribution in [2.24, 2.45) is 5.92 Å². The van der Waals surface area contributed by atoms with E-state index >= 15 is 0 Å². The lowest BCUT2D eigenvalue weighted by molar-refractivity contribution is -0.126. The fraction of sp³-hybridized carbons (Fsp3) is 0.409. The second-order valence-corrected chi connectivity index (χ2v) is 10.2. The molecular formula is C22H24Cl4N2OS. The maximum absolute atomic E-state index is 12.5. The molecule has 3 nitrogen and oxygen atoms in total. The number of piperidine rings is 1. The molecule has 1 N–H and O–H groups in total. The molecule has 1 amide bonds. The molecule has 0 spiro atoms. The summed E-state index contributed by atoms with van der Waals surface area (Å²) in [5, 5.41) is 5.74. The Morgan fingerprint density at radius 3 is 2.17 bits per heavy atom. The molecule has 30 heavy (non-hydrogen) atoms. The first-order chi connectivity index (χ1) is 14.4. The van der Waals surface area contributed by atoms with Crippen LogP contribution in [-0.2, 0) is 17.1 Å². The Bertz CT molecular complexity index is 872. The van der Waals surface area contributed by atoms with Crippen molar-refractivity contribution in [2.45, 2.75) is 25.1 Å². The van der Waals surface area contributed by atoms with Crippen molar-refractivity contribution in [2.75, 3.05) is 25.4 Å². The van der Waals surface area contributed by atoms with Crippen molar-refractivity contribution in [3.8, 4) is 0 Å². The van der Waals surface area contributed by atoms with Crippen LogP contribution in [0.3, 0.4) is 0 Å². The molecule has 0 radical (unpaired) electrons. The number of rotatable bonds is 8. The molecule has 0 aromatic heterocycles. The van der Waals surface area contributed by atoms with E-state index in [2.05, 4.69) is 10.2 Å². The summed E-state index contributed by atoms with van der Waals surface area (Å²) in [7, 11) is 0. The van der Waals surface area contributed by atoms with Crippen molar-refractivity contribution in [1.82, 2.24) is 10.2 Å². The second kappa shape index (κ2) is 11.8. The van der Waals surface area contributed by atoms with Gasteiger partial charge in [-0.05, 0) is 61.3 Å². The molecule has 0 aliphatic carbocycles. The summed E-state index contributed by atoms with van der Waals surface area (Å²) in [5.74, 6) is 1.89. The van der Waals surface area contributed by atoms with E-state index in [4.69, 9.17) is 46.4 Å². The van der Waals surface area contributed by atoms with Gasteiger partial charge in [-0.2, -0.15) is 11.8 Å². The van der Waals surface area contributed by atoms with Gasteiger partial charge in [0.1, 0.15) is 0 Å². The number of benzene rings is 2. The van der Waals surface area contributed by atoms with Gasteiger partial charge in [0.05, 0.1) is 0 Å². The van der Waals surface area contributed by atoms with E-state index in [1.54, 1.807) is 23.9 Å². The summed E-state index contributed by atoms with van der Waals surface area (Å²) in [6.45, 7) is 3.23. The van der Waals surface area contributed by atoms with Gasteiger partial charge in [-0.3, -0.25) is 9.69 Å². The zero-order chi connectivity index (χ0) is 21.5. The van der Waals surface area contributed by atoms with E-state index in [0.29, 0.717) is 26.6 Å². The lowest BCUT2D eigenvalue weighted by Gasteiger charge is -2.31. The van der Waals surface area contributed by atoms with Crippen molar-refractivity contribution in [3.05, 3.63) is 67.6 Å². The highest BCUT2D eigenvalue weighted by Crippen LogP contribution is 2.26. The number of halogens is 4. The maximum Gasteiger partial charge on any atom is 0.223 e. The number of amides is 1. The third-order valence-electron chi connectivity index (χ3n) is 5.19. The Balaban J connectivity index is 1.33. The smallest absolute Gasteiger partial charge is 0.223 e. The van der Waals surface area contributed by atoms with Crippen LogP contribution in [0.15, 0.2) is 36.4 Å². The van der Waals surface area contributed by atoms with Crippen LogP contribution in [0, 0.1) is 5.92 Å². The van der Waals surface area contributed by atoms with E-state index in [0.717, 1.165) is 55.1 Å². The number of likely N-dealkylation sites (tertiary alicyclic amines) is 1. The molecule has 1 fully saturated rings. The molecule has 1 aliphatic rings. The minimum atomic E-state index is 0.0812. The van der Waals surface area contributed by atoms with Crippen LogP contribution >= 0.6 is 58.2 Å². The Kier molecular flexibility index (Phi) is 9.49. The van der Waals surface area contributed by atoms with Gasteiger partial charge < -0.3 is 5.32 Å². The maximum atomic E-state index is 12.5. The van der Waals surface area contributed by atoms with E-state index in [9.17, 15) is 4.79 Å². The van der Waals surface area contributed by atoms with Crippen LogP contribution in [0.25, 0.3) is 0 Å². The van der Waals surface area contributed by atoms with Gasteiger partial charge in [-0.1, -0.05) is 58.5 Å².